The van der Waals surface area contributed by atoms with Gasteiger partial charge in [0, 0.05) is 0 Å². The van der Waals surface area contributed by atoms with Crippen molar-refractivity contribution in [3.05, 3.63) is 84.4 Å². The van der Waals surface area contributed by atoms with Crippen LogP contribution in [0.5, 0.6) is 11.5 Å². The average molecular weight is 539 g/mol. The zero-order valence-electron chi connectivity index (χ0n) is 22.1. The van der Waals surface area contributed by atoms with Gasteiger partial charge in [0.05, 0.1) is 9.79 Å². The molecule has 1 unspecified atom stereocenters. The van der Waals surface area contributed by atoms with E-state index in [4.69, 9.17) is 9.47 Å². The zero-order chi connectivity index (χ0) is 27.2. The van der Waals surface area contributed by atoms with Crippen LogP contribution in [0.3, 0.4) is 0 Å². The summed E-state index contributed by atoms with van der Waals surface area (Å²) in [6.45, 7) is 2.59. The van der Waals surface area contributed by atoms with Crippen LogP contribution in [-0.2, 0) is 21.2 Å². The summed E-state index contributed by atoms with van der Waals surface area (Å²) in [5.41, 5.74) is 1.02. The molecule has 0 aliphatic carbocycles. The molecule has 3 aromatic rings. The summed E-state index contributed by atoms with van der Waals surface area (Å²) in [5, 5.41) is 9.56. The summed E-state index contributed by atoms with van der Waals surface area (Å²) >= 11 is 0. The fourth-order valence-electron chi connectivity index (χ4n) is 4.15. The van der Waals surface area contributed by atoms with Gasteiger partial charge in [-0.1, -0.05) is 82.2 Å². The smallest absolute Gasteiger partial charge is 0.344 e. The predicted octanol–water partition coefficient (Wildman–Crippen LogP) is 7.46. The highest BCUT2D eigenvalue weighted by Gasteiger charge is 2.21. The van der Waals surface area contributed by atoms with Crippen LogP contribution in [0.25, 0.3) is 0 Å². The summed E-state index contributed by atoms with van der Waals surface area (Å²) in [4.78, 5) is 11.9. The van der Waals surface area contributed by atoms with Crippen molar-refractivity contribution < 1.29 is 27.8 Å². The third kappa shape index (κ3) is 9.21. The van der Waals surface area contributed by atoms with E-state index < -0.39 is 21.9 Å². The molecule has 0 aliphatic rings. The molecule has 0 fully saturated rings. The van der Waals surface area contributed by atoms with Gasteiger partial charge in [0.1, 0.15) is 18.1 Å². The third-order valence-electron chi connectivity index (χ3n) is 6.39. The number of rotatable bonds is 17. The number of carboxylic acid groups (broad SMARTS) is 1. The second-order valence-corrected chi connectivity index (χ2v) is 11.4. The molecule has 0 bridgehead atoms. The second kappa shape index (κ2) is 15.2. The van der Waals surface area contributed by atoms with Crippen molar-refractivity contribution in [1.29, 1.82) is 0 Å². The first kappa shape index (κ1) is 29.2. The highest BCUT2D eigenvalue weighted by Crippen LogP contribution is 2.26. The zero-order valence-corrected chi connectivity index (χ0v) is 22.9. The molecular formula is C31H38O6S. The highest BCUT2D eigenvalue weighted by molar-refractivity contribution is 7.91. The molecule has 0 aromatic heterocycles. The Labute approximate surface area is 226 Å². The van der Waals surface area contributed by atoms with E-state index in [0.717, 1.165) is 24.8 Å². The van der Waals surface area contributed by atoms with Crippen molar-refractivity contribution in [1.82, 2.24) is 0 Å². The second-order valence-electron chi connectivity index (χ2n) is 9.43. The Bertz CT molecular complexity index is 1210. The maximum Gasteiger partial charge on any atom is 0.344 e. The van der Waals surface area contributed by atoms with Crippen molar-refractivity contribution in [3.8, 4) is 11.5 Å². The molecular weight excluding hydrogens is 500 g/mol. The first-order valence-corrected chi connectivity index (χ1v) is 14.9. The minimum Gasteiger partial charge on any atom is -0.489 e. The molecule has 0 saturated heterocycles. The number of carboxylic acids is 1. The van der Waals surface area contributed by atoms with E-state index in [0.29, 0.717) is 24.5 Å². The number of aliphatic carboxylic acids is 1. The standard InChI is InChI=1S/C31H38O6S/c1-2-3-4-5-6-7-8-12-15-30(31(32)33)37-27-18-22-29(23-19-27)38(34,35)28-20-16-26(17-21-28)36-24-25-13-10-9-11-14-25/h9-11,13-14,16-23,30H,2-8,12,15,24H2,1H3,(H,32,33). The van der Waals surface area contributed by atoms with E-state index in [9.17, 15) is 18.3 Å². The number of ether oxygens (including phenoxy) is 2. The van der Waals surface area contributed by atoms with Gasteiger partial charge in [-0.2, -0.15) is 0 Å². The Morgan fingerprint density at radius 3 is 1.82 bits per heavy atom. The number of unbranched alkanes of at least 4 members (excludes halogenated alkanes) is 7. The molecule has 3 rings (SSSR count). The largest absolute Gasteiger partial charge is 0.489 e. The van der Waals surface area contributed by atoms with Crippen LogP contribution in [0.15, 0.2) is 88.7 Å². The molecule has 1 atom stereocenters. The molecule has 0 aliphatic heterocycles. The predicted molar refractivity (Wildman–Crippen MR) is 148 cm³/mol. The quantitative estimate of drug-likeness (QED) is 0.179. The average Bonchev–Trinajstić information content (AvgIpc) is 2.93. The minimum absolute atomic E-state index is 0.109. The van der Waals surface area contributed by atoms with E-state index in [1.807, 2.05) is 30.3 Å². The molecule has 3 aromatic carbocycles. The highest BCUT2D eigenvalue weighted by atomic mass is 32.2. The monoisotopic (exact) mass is 538 g/mol. The summed E-state index contributed by atoms with van der Waals surface area (Å²) in [6.07, 6.45) is 8.49. The number of carbonyl (C=O) groups is 1. The van der Waals surface area contributed by atoms with Crippen LogP contribution < -0.4 is 9.47 Å². The number of hydrogen-bond donors (Lipinski definition) is 1. The van der Waals surface area contributed by atoms with Crippen LogP contribution in [0, 0.1) is 0 Å². The van der Waals surface area contributed by atoms with Gasteiger partial charge in [-0.3, -0.25) is 0 Å². The van der Waals surface area contributed by atoms with Crippen molar-refractivity contribution in [2.45, 2.75) is 87.2 Å². The summed E-state index contributed by atoms with van der Waals surface area (Å²) < 4.78 is 37.6. The molecule has 0 radical (unpaired) electrons. The molecule has 38 heavy (non-hydrogen) atoms. The molecule has 0 amide bonds. The fraction of sp³-hybridized carbons (Fsp3) is 0.387. The number of sulfone groups is 1. The van der Waals surface area contributed by atoms with E-state index in [-0.39, 0.29) is 9.79 Å². The fourth-order valence-corrected chi connectivity index (χ4v) is 5.41. The summed E-state index contributed by atoms with van der Waals surface area (Å²) in [6, 6.07) is 21.9. The normalized spacial score (nSPS) is 12.1. The van der Waals surface area contributed by atoms with Gasteiger partial charge in [-0.15, -0.1) is 0 Å². The minimum atomic E-state index is -3.74. The van der Waals surface area contributed by atoms with E-state index in [1.54, 1.807) is 12.1 Å². The number of benzene rings is 3. The summed E-state index contributed by atoms with van der Waals surface area (Å²) in [7, 11) is -3.74. The SMILES string of the molecule is CCCCCCCCCCC(Oc1ccc(S(=O)(=O)c2ccc(OCc3ccccc3)cc2)cc1)C(=O)O. The van der Waals surface area contributed by atoms with E-state index in [2.05, 4.69) is 6.92 Å². The van der Waals surface area contributed by atoms with Gasteiger partial charge in [-0.05, 0) is 66.9 Å². The first-order valence-electron chi connectivity index (χ1n) is 13.4. The molecule has 1 N–H and O–H groups in total. The molecule has 0 spiro atoms. The molecule has 7 heteroatoms. The lowest BCUT2D eigenvalue weighted by Crippen LogP contribution is -2.26. The van der Waals surface area contributed by atoms with E-state index in [1.165, 1.54) is 68.5 Å². The van der Waals surface area contributed by atoms with Gasteiger partial charge < -0.3 is 14.6 Å². The Morgan fingerprint density at radius 1 is 0.737 bits per heavy atom. The van der Waals surface area contributed by atoms with E-state index >= 15 is 0 Å². The maximum atomic E-state index is 13.1. The molecule has 0 saturated carbocycles. The topological polar surface area (TPSA) is 89.9 Å². The van der Waals surface area contributed by atoms with Gasteiger partial charge in [0.15, 0.2) is 6.10 Å². The van der Waals surface area contributed by atoms with Crippen LogP contribution in [0.2, 0.25) is 0 Å². The van der Waals surface area contributed by atoms with Crippen LogP contribution in [0.4, 0.5) is 0 Å². The Kier molecular flexibility index (Phi) is 11.7. The van der Waals surface area contributed by atoms with Crippen LogP contribution >= 0.6 is 0 Å². The van der Waals surface area contributed by atoms with Crippen LogP contribution in [0.1, 0.15) is 70.3 Å². The number of hydrogen-bond acceptors (Lipinski definition) is 5. The van der Waals surface area contributed by atoms with Crippen molar-refractivity contribution >= 4 is 15.8 Å². The molecule has 0 heterocycles. The van der Waals surface area contributed by atoms with Crippen molar-refractivity contribution in [2.75, 3.05) is 0 Å². The lowest BCUT2D eigenvalue weighted by molar-refractivity contribution is -0.145. The van der Waals surface area contributed by atoms with Gasteiger partial charge in [0.25, 0.3) is 0 Å². The molecule has 204 valence electrons. The Hall–Kier alpha value is -3.32. The van der Waals surface area contributed by atoms with Gasteiger partial charge in [0.2, 0.25) is 9.84 Å². The first-order chi connectivity index (χ1) is 18.4. The Balaban J connectivity index is 1.52. The Morgan fingerprint density at radius 2 is 1.26 bits per heavy atom. The van der Waals surface area contributed by atoms with Crippen LogP contribution in [-0.4, -0.2) is 25.6 Å². The van der Waals surface area contributed by atoms with Crippen molar-refractivity contribution in [3.63, 3.8) is 0 Å². The summed E-state index contributed by atoms with van der Waals surface area (Å²) in [5.74, 6) is -0.104. The van der Waals surface area contributed by atoms with Crippen molar-refractivity contribution in [2.24, 2.45) is 0 Å². The molecule has 6 nitrogen and oxygen atoms in total. The van der Waals surface area contributed by atoms with Gasteiger partial charge >= 0.3 is 5.97 Å². The van der Waals surface area contributed by atoms with Gasteiger partial charge in [-0.25, -0.2) is 13.2 Å². The maximum absolute atomic E-state index is 13.1. The lowest BCUT2D eigenvalue weighted by atomic mass is 10.1. The lowest BCUT2D eigenvalue weighted by Gasteiger charge is -2.15. The third-order valence-corrected chi connectivity index (χ3v) is 8.18.